The van der Waals surface area contributed by atoms with Crippen molar-refractivity contribution in [3.8, 4) is 5.95 Å². The lowest BCUT2D eigenvalue weighted by atomic mass is 9.98. The number of hydrogen-bond donors (Lipinski definition) is 1. The number of nitrogens with zero attached hydrogens (tertiary/aromatic N) is 6. The van der Waals surface area contributed by atoms with E-state index in [-0.39, 0.29) is 18.0 Å². The van der Waals surface area contributed by atoms with Gasteiger partial charge in [-0.25, -0.2) is 9.36 Å². The largest absolute Gasteiger partial charge is 0.337 e. The second kappa shape index (κ2) is 7.07. The van der Waals surface area contributed by atoms with E-state index in [0.717, 1.165) is 24.2 Å². The van der Waals surface area contributed by atoms with Crippen LogP contribution in [0.1, 0.15) is 44.5 Å². The number of amides is 1. The van der Waals surface area contributed by atoms with E-state index in [2.05, 4.69) is 29.1 Å². The van der Waals surface area contributed by atoms with Crippen LogP contribution < -0.4 is 5.84 Å². The molecule has 1 aliphatic heterocycles. The lowest BCUT2D eigenvalue weighted by molar-refractivity contribution is -0.134. The summed E-state index contributed by atoms with van der Waals surface area (Å²) >= 11 is 1.31. The van der Waals surface area contributed by atoms with Crippen LogP contribution in [-0.2, 0) is 4.79 Å². The summed E-state index contributed by atoms with van der Waals surface area (Å²) in [6.45, 7) is 8.08. The lowest BCUT2D eigenvalue weighted by Gasteiger charge is -2.39. The van der Waals surface area contributed by atoms with Crippen molar-refractivity contribution in [1.82, 2.24) is 29.6 Å². The van der Waals surface area contributed by atoms with E-state index in [0.29, 0.717) is 16.9 Å². The van der Waals surface area contributed by atoms with Gasteiger partial charge >= 0.3 is 0 Å². The number of carbonyl (C=O) groups is 1. The molecule has 2 N–H and O–H groups in total. The van der Waals surface area contributed by atoms with Gasteiger partial charge in [-0.05, 0) is 53.0 Å². The third-order valence-electron chi connectivity index (χ3n) is 4.65. The summed E-state index contributed by atoms with van der Waals surface area (Å²) in [7, 11) is 0. The Kier molecular flexibility index (Phi) is 5.03. The van der Waals surface area contributed by atoms with Crippen molar-refractivity contribution in [3.63, 3.8) is 0 Å². The fourth-order valence-electron chi connectivity index (χ4n) is 3.46. The Morgan fingerprint density at radius 3 is 2.56 bits per heavy atom. The van der Waals surface area contributed by atoms with E-state index in [1.165, 1.54) is 22.9 Å². The summed E-state index contributed by atoms with van der Waals surface area (Å²) in [6.07, 6.45) is 3.31. The summed E-state index contributed by atoms with van der Waals surface area (Å²) in [5.74, 6) is 6.99. The van der Waals surface area contributed by atoms with Crippen molar-refractivity contribution in [2.24, 2.45) is 0 Å². The Morgan fingerprint density at radius 1 is 1.28 bits per heavy atom. The zero-order valence-corrected chi connectivity index (χ0v) is 16.0. The predicted octanol–water partition coefficient (Wildman–Crippen LogP) is 1.68. The molecule has 9 heteroatoms. The minimum Gasteiger partial charge on any atom is -0.337 e. The van der Waals surface area contributed by atoms with Gasteiger partial charge in [0.15, 0.2) is 0 Å². The zero-order valence-electron chi connectivity index (χ0n) is 15.1. The molecule has 0 aliphatic carbocycles. The van der Waals surface area contributed by atoms with Crippen LogP contribution >= 0.6 is 11.8 Å². The molecule has 2 aromatic heterocycles. The molecule has 0 radical (unpaired) electrons. The number of likely N-dealkylation sites (tertiary alicyclic amines) is 1. The Morgan fingerprint density at radius 2 is 1.96 bits per heavy atom. The van der Waals surface area contributed by atoms with Crippen LogP contribution in [0, 0.1) is 13.8 Å². The number of hydrogen-bond acceptors (Lipinski definition) is 6. The second-order valence-electron chi connectivity index (χ2n) is 6.71. The summed E-state index contributed by atoms with van der Waals surface area (Å²) in [4.78, 5) is 14.6. The van der Waals surface area contributed by atoms with E-state index < -0.39 is 0 Å². The van der Waals surface area contributed by atoms with Gasteiger partial charge in [-0.2, -0.15) is 5.10 Å². The molecule has 136 valence electrons. The highest BCUT2D eigenvalue weighted by Crippen LogP contribution is 2.25. The normalized spacial score (nSPS) is 20.9. The topological polar surface area (TPSA) is 94.9 Å². The third-order valence-corrected chi connectivity index (χ3v) is 5.58. The van der Waals surface area contributed by atoms with Gasteiger partial charge in [-0.15, -0.1) is 10.2 Å². The van der Waals surface area contributed by atoms with Crippen LogP contribution in [-0.4, -0.2) is 53.3 Å². The fourth-order valence-corrected chi connectivity index (χ4v) is 4.18. The minimum atomic E-state index is 0.125. The predicted molar refractivity (Wildman–Crippen MR) is 97.1 cm³/mol. The van der Waals surface area contributed by atoms with Crippen molar-refractivity contribution in [1.29, 1.82) is 0 Å². The van der Waals surface area contributed by atoms with E-state index in [4.69, 9.17) is 5.84 Å². The molecule has 2 unspecified atom stereocenters. The number of nitrogen functional groups attached to an aromatic ring is 1. The quantitative estimate of drug-likeness (QED) is 0.656. The summed E-state index contributed by atoms with van der Waals surface area (Å²) < 4.78 is 3.05. The maximum Gasteiger partial charge on any atom is 0.271 e. The molecule has 25 heavy (non-hydrogen) atoms. The number of aryl methyl sites for hydroxylation is 2. The molecule has 2 aromatic rings. The van der Waals surface area contributed by atoms with Crippen molar-refractivity contribution < 1.29 is 4.79 Å². The van der Waals surface area contributed by atoms with Crippen LogP contribution in [0.3, 0.4) is 0 Å². The van der Waals surface area contributed by atoms with Gasteiger partial charge in [0.2, 0.25) is 11.1 Å². The molecule has 1 aliphatic rings. The second-order valence-corrected chi connectivity index (χ2v) is 7.65. The molecule has 2 atom stereocenters. The van der Waals surface area contributed by atoms with Crippen molar-refractivity contribution in [3.05, 3.63) is 17.5 Å². The van der Waals surface area contributed by atoms with Gasteiger partial charge in [0.1, 0.15) is 0 Å². The van der Waals surface area contributed by atoms with E-state index in [1.807, 2.05) is 24.8 Å². The zero-order chi connectivity index (χ0) is 18.1. The average molecular weight is 363 g/mol. The molecule has 1 amide bonds. The van der Waals surface area contributed by atoms with Gasteiger partial charge in [-0.1, -0.05) is 11.8 Å². The van der Waals surface area contributed by atoms with Crippen molar-refractivity contribution in [2.45, 2.75) is 64.2 Å². The van der Waals surface area contributed by atoms with Crippen molar-refractivity contribution in [2.75, 3.05) is 11.6 Å². The molecule has 0 spiro atoms. The Hall–Kier alpha value is -2.03. The molecule has 3 rings (SSSR count). The first-order valence-corrected chi connectivity index (χ1v) is 9.55. The van der Waals surface area contributed by atoms with Crippen LogP contribution in [0.15, 0.2) is 11.2 Å². The highest BCUT2D eigenvalue weighted by Gasteiger charge is 2.29. The third kappa shape index (κ3) is 3.51. The van der Waals surface area contributed by atoms with Crippen LogP contribution in [0.4, 0.5) is 0 Å². The summed E-state index contributed by atoms with van der Waals surface area (Å²) in [6, 6.07) is 2.53. The lowest BCUT2D eigenvalue weighted by Crippen LogP contribution is -2.48. The van der Waals surface area contributed by atoms with Gasteiger partial charge in [0.25, 0.3) is 5.95 Å². The standard InChI is InChI=1S/C16H25N7OS/c1-10-8-13(4)23(20-10)15-18-19-16(22(15)17)25-9-14(24)21-11(2)6-5-7-12(21)3/h8,11-12H,5-7,9,17H2,1-4H3. The van der Waals surface area contributed by atoms with E-state index in [9.17, 15) is 4.79 Å². The molecule has 3 heterocycles. The summed E-state index contributed by atoms with van der Waals surface area (Å²) in [5, 5.41) is 13.1. The van der Waals surface area contributed by atoms with Crippen LogP contribution in [0.5, 0.6) is 0 Å². The molecule has 8 nitrogen and oxygen atoms in total. The Bertz CT molecular complexity index is 759. The number of thioether (sulfide) groups is 1. The molecule has 1 fully saturated rings. The van der Waals surface area contributed by atoms with Gasteiger partial charge < -0.3 is 10.7 Å². The number of carbonyl (C=O) groups excluding carboxylic acids is 1. The maximum absolute atomic E-state index is 12.6. The molecule has 1 saturated heterocycles. The SMILES string of the molecule is Cc1cc(C)n(-c2nnc(SCC(=O)N3C(C)CCCC3C)n2N)n1. The first-order valence-electron chi connectivity index (χ1n) is 8.56. The first-order chi connectivity index (χ1) is 11.9. The molecule has 0 aromatic carbocycles. The molecule has 0 saturated carbocycles. The van der Waals surface area contributed by atoms with E-state index >= 15 is 0 Å². The summed E-state index contributed by atoms with van der Waals surface area (Å²) in [5.41, 5.74) is 1.82. The van der Waals surface area contributed by atoms with Gasteiger partial charge in [0, 0.05) is 17.8 Å². The van der Waals surface area contributed by atoms with E-state index in [1.54, 1.807) is 4.68 Å². The Balaban J connectivity index is 1.70. The fraction of sp³-hybridized carbons (Fsp3) is 0.625. The van der Waals surface area contributed by atoms with Crippen LogP contribution in [0.2, 0.25) is 0 Å². The highest BCUT2D eigenvalue weighted by atomic mass is 32.2. The maximum atomic E-state index is 12.6. The first kappa shape index (κ1) is 17.8. The average Bonchev–Trinajstić information content (AvgIpc) is 3.07. The highest BCUT2D eigenvalue weighted by molar-refractivity contribution is 7.99. The minimum absolute atomic E-state index is 0.125. The van der Waals surface area contributed by atoms with Crippen molar-refractivity contribution >= 4 is 17.7 Å². The Labute approximate surface area is 151 Å². The molecular weight excluding hydrogens is 338 g/mol. The smallest absolute Gasteiger partial charge is 0.271 e. The molecule has 0 bridgehead atoms. The monoisotopic (exact) mass is 363 g/mol. The number of piperidine rings is 1. The van der Waals surface area contributed by atoms with Gasteiger partial charge in [0.05, 0.1) is 11.4 Å². The number of rotatable bonds is 4. The van der Waals surface area contributed by atoms with Gasteiger partial charge in [-0.3, -0.25) is 4.79 Å². The number of nitrogens with two attached hydrogens (primary N) is 1. The number of aromatic nitrogens is 5. The van der Waals surface area contributed by atoms with Crippen LogP contribution in [0.25, 0.3) is 5.95 Å². The molecular formula is C16H25N7OS.